The highest BCUT2D eigenvalue weighted by Crippen LogP contribution is 2.41. The molecule has 0 bridgehead atoms. The number of anilines is 5. The smallest absolute Gasteiger partial charge is 0.330 e. The van der Waals surface area contributed by atoms with Gasteiger partial charge in [0.1, 0.15) is 5.82 Å². The number of piperazine rings is 1. The van der Waals surface area contributed by atoms with Crippen molar-refractivity contribution < 1.29 is 15.0 Å². The minimum absolute atomic E-state index is 0.194. The van der Waals surface area contributed by atoms with Crippen LogP contribution in [0, 0.1) is 0 Å². The van der Waals surface area contributed by atoms with Gasteiger partial charge >= 0.3 is 6.03 Å². The third-order valence-corrected chi connectivity index (χ3v) is 7.04. The zero-order valence-electron chi connectivity index (χ0n) is 21.0. The van der Waals surface area contributed by atoms with E-state index in [4.69, 9.17) is 23.2 Å². The number of β-amino-alcohol motifs (C(OH)–C–C–N with tert-alkyl or cyclic N) is 1. The van der Waals surface area contributed by atoms with Crippen molar-refractivity contribution in [2.75, 3.05) is 53.2 Å². The fourth-order valence-electron chi connectivity index (χ4n) is 4.69. The lowest BCUT2D eigenvalue weighted by molar-refractivity contribution is 0.0345. The van der Waals surface area contributed by atoms with Crippen molar-refractivity contribution in [3.63, 3.8) is 0 Å². The molecule has 2 amide bonds. The number of nitrogens with zero attached hydrogens (tertiary/aromatic N) is 5. The van der Waals surface area contributed by atoms with Gasteiger partial charge in [-0.1, -0.05) is 29.3 Å². The molecule has 0 spiro atoms. The molecule has 1 saturated heterocycles. The molecule has 4 N–H and O–H groups in total. The van der Waals surface area contributed by atoms with Crippen molar-refractivity contribution in [3.05, 3.63) is 64.3 Å². The molecular weight excluding hydrogens is 529 g/mol. The summed E-state index contributed by atoms with van der Waals surface area (Å²) >= 11 is 12.5. The van der Waals surface area contributed by atoms with Crippen LogP contribution in [0.3, 0.4) is 0 Å². The number of halogens is 2. The summed E-state index contributed by atoms with van der Waals surface area (Å²) in [7, 11) is 0. The number of hydrogen-bond acceptors (Lipinski definition) is 8. The maximum atomic E-state index is 12.9. The Balaban J connectivity index is 1.25. The van der Waals surface area contributed by atoms with E-state index in [2.05, 4.69) is 30.4 Å². The Kier molecular flexibility index (Phi) is 7.34. The molecule has 1 fully saturated rings. The minimum Gasteiger partial charge on any atom is -0.389 e. The van der Waals surface area contributed by atoms with Crippen molar-refractivity contribution in [2.24, 2.45) is 0 Å². The first-order chi connectivity index (χ1) is 18.1. The molecule has 3 aromatic rings. The fourth-order valence-corrected chi connectivity index (χ4v) is 5.27. The summed E-state index contributed by atoms with van der Waals surface area (Å²) in [6.45, 7) is 7.88. The van der Waals surface area contributed by atoms with Gasteiger partial charge in [0.15, 0.2) is 6.23 Å². The number of benzene rings is 2. The molecule has 1 unspecified atom stereocenters. The summed E-state index contributed by atoms with van der Waals surface area (Å²) in [4.78, 5) is 27.2. The van der Waals surface area contributed by atoms with E-state index in [0.29, 0.717) is 12.1 Å². The van der Waals surface area contributed by atoms with Crippen LogP contribution in [0.4, 0.5) is 33.6 Å². The molecule has 2 aromatic carbocycles. The molecule has 10 nitrogen and oxygen atoms in total. The van der Waals surface area contributed by atoms with Crippen LogP contribution in [0.25, 0.3) is 0 Å². The van der Waals surface area contributed by atoms with Gasteiger partial charge in [0.05, 0.1) is 26.9 Å². The van der Waals surface area contributed by atoms with Crippen molar-refractivity contribution in [2.45, 2.75) is 25.7 Å². The lowest BCUT2D eigenvalue weighted by Gasteiger charge is -2.38. The molecule has 38 heavy (non-hydrogen) atoms. The second-order valence-electron chi connectivity index (χ2n) is 9.99. The SMILES string of the molecule is CC(C)(O)CN1CCN(c2ccc(Nc3ncc4c(n3)NC(=O)N(c3c(Cl)cccc3Cl)C4O)cc2)CC1. The second-order valence-corrected chi connectivity index (χ2v) is 10.8. The average Bonchev–Trinajstić information content (AvgIpc) is 2.86. The summed E-state index contributed by atoms with van der Waals surface area (Å²) < 4.78 is 0. The van der Waals surface area contributed by atoms with Gasteiger partial charge in [0.2, 0.25) is 5.95 Å². The zero-order chi connectivity index (χ0) is 27.0. The molecule has 0 aliphatic carbocycles. The average molecular weight is 558 g/mol. The first-order valence-electron chi connectivity index (χ1n) is 12.2. The molecule has 2 aliphatic heterocycles. The first kappa shape index (κ1) is 26.5. The Morgan fingerprint density at radius 2 is 1.74 bits per heavy atom. The number of aliphatic hydroxyl groups excluding tert-OH is 1. The predicted molar refractivity (Wildman–Crippen MR) is 150 cm³/mol. The Hall–Kier alpha value is -3.15. The Labute approximate surface area is 230 Å². The molecule has 2 aliphatic rings. The van der Waals surface area contributed by atoms with Crippen LogP contribution in [0.15, 0.2) is 48.7 Å². The summed E-state index contributed by atoms with van der Waals surface area (Å²) in [5.41, 5.74) is 1.70. The van der Waals surface area contributed by atoms with E-state index < -0.39 is 17.9 Å². The van der Waals surface area contributed by atoms with Gasteiger partial charge in [-0.25, -0.2) is 9.78 Å². The molecule has 200 valence electrons. The van der Waals surface area contributed by atoms with E-state index in [1.807, 2.05) is 38.1 Å². The van der Waals surface area contributed by atoms with Crippen molar-refractivity contribution in [1.29, 1.82) is 0 Å². The summed E-state index contributed by atoms with van der Waals surface area (Å²) in [6.07, 6.45) is 0.0852. The maximum Gasteiger partial charge on any atom is 0.330 e. The highest BCUT2D eigenvalue weighted by Gasteiger charge is 2.36. The number of para-hydroxylation sites is 1. The largest absolute Gasteiger partial charge is 0.389 e. The van der Waals surface area contributed by atoms with E-state index in [0.717, 1.165) is 42.5 Å². The van der Waals surface area contributed by atoms with Gasteiger partial charge in [0, 0.05) is 50.3 Å². The van der Waals surface area contributed by atoms with Crippen LogP contribution in [0.1, 0.15) is 25.6 Å². The number of carbonyl (C=O) groups excluding carboxylic acids is 1. The summed E-state index contributed by atoms with van der Waals surface area (Å²) in [5, 5.41) is 27.3. The van der Waals surface area contributed by atoms with Gasteiger partial charge in [-0.15, -0.1) is 0 Å². The zero-order valence-corrected chi connectivity index (χ0v) is 22.5. The molecule has 0 radical (unpaired) electrons. The third kappa shape index (κ3) is 5.64. The number of aliphatic hydroxyl groups is 2. The number of fused-ring (bicyclic) bond motifs is 1. The van der Waals surface area contributed by atoms with Gasteiger partial charge in [0.25, 0.3) is 0 Å². The predicted octanol–water partition coefficient (Wildman–Crippen LogP) is 4.46. The number of hydrogen-bond donors (Lipinski definition) is 4. The number of carbonyl (C=O) groups is 1. The highest BCUT2D eigenvalue weighted by atomic mass is 35.5. The normalized spacial score (nSPS) is 18.3. The number of urea groups is 1. The van der Waals surface area contributed by atoms with Crippen LogP contribution in [-0.2, 0) is 0 Å². The molecule has 1 atom stereocenters. The lowest BCUT2D eigenvalue weighted by atomic mass is 10.1. The minimum atomic E-state index is -1.37. The van der Waals surface area contributed by atoms with E-state index >= 15 is 0 Å². The van der Waals surface area contributed by atoms with Gasteiger partial charge in [-0.3, -0.25) is 15.1 Å². The topological polar surface area (TPSA) is 117 Å². The van der Waals surface area contributed by atoms with E-state index in [-0.39, 0.29) is 27.5 Å². The quantitative estimate of drug-likeness (QED) is 0.351. The second kappa shape index (κ2) is 10.5. The van der Waals surface area contributed by atoms with Crippen molar-refractivity contribution in [3.8, 4) is 0 Å². The lowest BCUT2D eigenvalue weighted by Crippen LogP contribution is -2.50. The molecule has 5 rings (SSSR count). The summed E-state index contributed by atoms with van der Waals surface area (Å²) in [5.74, 6) is 0.466. The number of nitrogens with one attached hydrogen (secondary N) is 2. The Morgan fingerprint density at radius 3 is 2.37 bits per heavy atom. The van der Waals surface area contributed by atoms with E-state index in [1.54, 1.807) is 18.2 Å². The van der Waals surface area contributed by atoms with Crippen molar-refractivity contribution in [1.82, 2.24) is 14.9 Å². The van der Waals surface area contributed by atoms with Crippen LogP contribution < -0.4 is 20.4 Å². The maximum absolute atomic E-state index is 12.9. The number of rotatable bonds is 6. The molecular formula is C26H29Cl2N7O3. The highest BCUT2D eigenvalue weighted by molar-refractivity contribution is 6.40. The van der Waals surface area contributed by atoms with Crippen LogP contribution >= 0.6 is 23.2 Å². The van der Waals surface area contributed by atoms with Crippen LogP contribution in [0.2, 0.25) is 10.0 Å². The Morgan fingerprint density at radius 1 is 1.08 bits per heavy atom. The fraction of sp³-hybridized carbons (Fsp3) is 0.346. The van der Waals surface area contributed by atoms with Crippen molar-refractivity contribution >= 4 is 58.1 Å². The molecule has 3 heterocycles. The molecule has 0 saturated carbocycles. The van der Waals surface area contributed by atoms with Gasteiger partial charge in [-0.2, -0.15) is 4.98 Å². The Bertz CT molecular complexity index is 1310. The number of amides is 2. The van der Waals surface area contributed by atoms with Gasteiger partial charge in [-0.05, 0) is 50.2 Å². The number of aromatic nitrogens is 2. The summed E-state index contributed by atoms with van der Waals surface area (Å²) in [6, 6.07) is 12.2. The first-order valence-corrected chi connectivity index (χ1v) is 13.0. The van der Waals surface area contributed by atoms with Crippen LogP contribution in [0.5, 0.6) is 0 Å². The van der Waals surface area contributed by atoms with E-state index in [1.165, 1.54) is 6.20 Å². The monoisotopic (exact) mass is 557 g/mol. The molecule has 1 aromatic heterocycles. The van der Waals surface area contributed by atoms with Gasteiger partial charge < -0.3 is 20.4 Å². The van der Waals surface area contributed by atoms with Crippen LogP contribution in [-0.4, -0.2) is 69.4 Å². The third-order valence-electron chi connectivity index (χ3n) is 6.43. The van der Waals surface area contributed by atoms with E-state index in [9.17, 15) is 15.0 Å². The standard InChI is InChI=1S/C26H29Cl2N7O3/c1-26(2,38)15-33-10-12-34(13-11-33)17-8-6-16(7-9-17)30-24-29-14-18-22(31-24)32-25(37)35(23(18)36)21-19(27)4-3-5-20(21)28/h3-9,14,23,36,38H,10-13,15H2,1-2H3,(H2,29,30,31,32,37). The molecule has 12 heteroatoms.